The monoisotopic (exact) mass is 846 g/mol. The second-order valence-electron chi connectivity index (χ2n) is 16.3. The van der Waals surface area contributed by atoms with Gasteiger partial charge in [0.05, 0.1) is 51.2 Å². The Hall–Kier alpha value is -5.12. The number of benzene rings is 4. The average Bonchev–Trinajstić information content (AvgIpc) is 3.86. The Morgan fingerprint density at radius 3 is 2.25 bits per heavy atom. The molecule has 0 saturated carbocycles. The SMILES string of the molecule is C=CCN1c2cc(C)c(N=Nc3nc4cc(CO)c(COO)cc4s3)c(C)c2C(C)(C)C1C.COc1c(C)c(N=Nc2nc3ccc(C)cc3s2)c(C)c2c1N(C)CCC2. The molecule has 0 bridgehead atoms. The number of thiazole rings is 2. The fourth-order valence-electron chi connectivity index (χ4n) is 8.78. The molecule has 12 nitrogen and oxygen atoms in total. The van der Waals surface area contributed by atoms with E-state index in [1.54, 1.807) is 24.5 Å². The number of hydrogen-bond acceptors (Lipinski definition) is 14. The molecule has 4 heterocycles. The van der Waals surface area contributed by atoms with E-state index < -0.39 is 0 Å². The van der Waals surface area contributed by atoms with Gasteiger partial charge >= 0.3 is 0 Å². The Bertz CT molecular complexity index is 2640. The predicted octanol–water partition coefficient (Wildman–Crippen LogP) is 12.5. The normalized spacial score (nSPS) is 15.9. The summed E-state index contributed by atoms with van der Waals surface area (Å²) in [6, 6.07) is 12.5. The van der Waals surface area contributed by atoms with Crippen molar-refractivity contribution >= 4 is 76.1 Å². The van der Waals surface area contributed by atoms with Gasteiger partial charge in [-0.3, -0.25) is 5.26 Å². The lowest BCUT2D eigenvalue weighted by Gasteiger charge is -2.32. The van der Waals surface area contributed by atoms with Crippen LogP contribution < -0.4 is 14.5 Å². The summed E-state index contributed by atoms with van der Waals surface area (Å²) >= 11 is 2.98. The van der Waals surface area contributed by atoms with Crippen molar-refractivity contribution in [1.29, 1.82) is 0 Å². The quantitative estimate of drug-likeness (QED) is 0.0601. The summed E-state index contributed by atoms with van der Waals surface area (Å²) in [6.45, 7) is 22.9. The molecule has 2 aliphatic heterocycles. The van der Waals surface area contributed by atoms with E-state index in [-0.39, 0.29) is 18.6 Å². The zero-order valence-electron chi connectivity index (χ0n) is 36.2. The average molecular weight is 847 g/mol. The number of methoxy groups -OCH3 is 1. The zero-order valence-corrected chi connectivity index (χ0v) is 37.8. The Morgan fingerprint density at radius 2 is 1.58 bits per heavy atom. The van der Waals surface area contributed by atoms with Gasteiger partial charge in [-0.2, -0.15) is 0 Å². The highest BCUT2D eigenvalue weighted by Gasteiger charge is 2.43. The van der Waals surface area contributed by atoms with Crippen LogP contribution in [0.3, 0.4) is 0 Å². The van der Waals surface area contributed by atoms with Crippen LogP contribution >= 0.6 is 22.7 Å². The third-order valence-corrected chi connectivity index (χ3v) is 13.9. The van der Waals surface area contributed by atoms with Crippen molar-refractivity contribution in [1.82, 2.24) is 9.97 Å². The zero-order chi connectivity index (χ0) is 43.0. The molecule has 0 aliphatic carbocycles. The number of hydrogen-bond donors (Lipinski definition) is 2. The molecule has 6 aromatic rings. The molecule has 1 unspecified atom stereocenters. The highest BCUT2D eigenvalue weighted by Crippen LogP contribution is 2.50. The third-order valence-electron chi connectivity index (χ3n) is 12.1. The van der Waals surface area contributed by atoms with Gasteiger partial charge in [-0.25, -0.2) is 14.9 Å². The maximum Gasteiger partial charge on any atom is 0.231 e. The summed E-state index contributed by atoms with van der Waals surface area (Å²) in [5, 5.41) is 37.8. The molecular weight excluding hydrogens is 793 g/mol. The first-order valence-electron chi connectivity index (χ1n) is 20.2. The van der Waals surface area contributed by atoms with Crippen LogP contribution in [-0.4, -0.2) is 53.6 Å². The second kappa shape index (κ2) is 17.5. The van der Waals surface area contributed by atoms with E-state index in [1.165, 1.54) is 45.0 Å². The number of aromatic nitrogens is 2. The van der Waals surface area contributed by atoms with Gasteiger partial charge in [-0.05, 0) is 129 Å². The molecule has 0 radical (unpaired) electrons. The topological polar surface area (TPSA) is 141 Å². The minimum atomic E-state index is -0.159. The first-order chi connectivity index (χ1) is 28.7. The lowest BCUT2D eigenvalue weighted by molar-refractivity contribution is -0.253. The van der Waals surface area contributed by atoms with Gasteiger partial charge in [-0.15, -0.1) is 27.0 Å². The molecule has 0 spiro atoms. The lowest BCUT2D eigenvalue weighted by Crippen LogP contribution is -2.39. The standard InChI is InChI=1S/C25H30N4O3S.C21H24N4OS/c1-7-8-29-16(4)25(5,6)22-15(3)23(14(2)9-20(22)29)27-28-24-26-19-10-17(12-30)18(13-32-31)11-21(19)33-24;1-12-8-9-16-17(11-12)27-21(22-16)24-23-18-13(2)15-7-6-10-25(4)19(15)20(26-5)14(18)3/h7,9-11,16,30-31H,1,8,12-13H2,2-6H3;8-9,11H,6-7,10H2,1-5H3. The number of aliphatic hydroxyl groups excluding tert-OH is 1. The Kier molecular flexibility index (Phi) is 12.5. The number of rotatable bonds is 10. The minimum absolute atomic E-state index is 0.00514. The summed E-state index contributed by atoms with van der Waals surface area (Å²) in [5.74, 6) is 0.909. The number of azo groups is 2. The van der Waals surface area contributed by atoms with Crippen molar-refractivity contribution in [2.75, 3.05) is 37.0 Å². The van der Waals surface area contributed by atoms with E-state index in [2.05, 4.69) is 132 Å². The number of fused-ring (bicyclic) bond motifs is 4. The summed E-state index contributed by atoms with van der Waals surface area (Å²) in [7, 11) is 3.86. The van der Waals surface area contributed by atoms with Gasteiger partial charge in [0.1, 0.15) is 12.4 Å². The predicted molar refractivity (Wildman–Crippen MR) is 246 cm³/mol. The fourth-order valence-corrected chi connectivity index (χ4v) is 10.5. The smallest absolute Gasteiger partial charge is 0.231 e. The maximum atomic E-state index is 9.60. The van der Waals surface area contributed by atoms with Crippen LogP contribution in [0.25, 0.3) is 20.4 Å². The summed E-state index contributed by atoms with van der Waals surface area (Å²) in [6.07, 6.45) is 4.14. The van der Waals surface area contributed by atoms with Crippen molar-refractivity contribution in [3.05, 3.63) is 99.1 Å². The molecule has 1 atom stereocenters. The van der Waals surface area contributed by atoms with Gasteiger partial charge < -0.3 is 19.6 Å². The highest BCUT2D eigenvalue weighted by atomic mass is 32.1. The molecule has 4 aromatic carbocycles. The van der Waals surface area contributed by atoms with Crippen molar-refractivity contribution in [3.63, 3.8) is 0 Å². The fraction of sp³-hybridized carbons (Fsp3) is 0.391. The van der Waals surface area contributed by atoms with Crippen LogP contribution in [0.2, 0.25) is 0 Å². The van der Waals surface area contributed by atoms with E-state index in [1.807, 2.05) is 18.2 Å². The number of ether oxygens (including phenoxy) is 1. The molecule has 2 N–H and O–H groups in total. The van der Waals surface area contributed by atoms with Crippen LogP contribution in [0.1, 0.15) is 77.3 Å². The highest BCUT2D eigenvalue weighted by molar-refractivity contribution is 7.22. The van der Waals surface area contributed by atoms with Gasteiger partial charge in [0.2, 0.25) is 10.3 Å². The van der Waals surface area contributed by atoms with Crippen LogP contribution in [0.15, 0.2) is 69.5 Å². The minimum Gasteiger partial charge on any atom is -0.494 e. The van der Waals surface area contributed by atoms with Crippen LogP contribution in [0.4, 0.5) is 33.0 Å². The molecule has 0 amide bonds. The van der Waals surface area contributed by atoms with Gasteiger partial charge in [-0.1, -0.05) is 48.7 Å². The van der Waals surface area contributed by atoms with Gasteiger partial charge in [0.15, 0.2) is 0 Å². The van der Waals surface area contributed by atoms with Crippen molar-refractivity contribution in [2.24, 2.45) is 20.5 Å². The Labute approximate surface area is 359 Å². The van der Waals surface area contributed by atoms with E-state index in [0.717, 1.165) is 80.2 Å². The van der Waals surface area contributed by atoms with Crippen LogP contribution in [-0.2, 0) is 29.9 Å². The van der Waals surface area contributed by atoms with Crippen LogP contribution in [0, 0.1) is 34.6 Å². The molecule has 14 heteroatoms. The van der Waals surface area contributed by atoms with Crippen molar-refractivity contribution < 1.29 is 20.0 Å². The third kappa shape index (κ3) is 7.94. The number of aliphatic hydroxyl groups is 1. The summed E-state index contributed by atoms with van der Waals surface area (Å²) in [4.78, 5) is 18.1. The first-order valence-corrected chi connectivity index (χ1v) is 21.8. The molecule has 60 heavy (non-hydrogen) atoms. The van der Waals surface area contributed by atoms with E-state index >= 15 is 0 Å². The number of nitrogens with zero attached hydrogens (tertiary/aromatic N) is 8. The van der Waals surface area contributed by atoms with E-state index in [9.17, 15) is 5.11 Å². The maximum absolute atomic E-state index is 9.60. The van der Waals surface area contributed by atoms with Crippen molar-refractivity contribution in [3.8, 4) is 5.75 Å². The molecule has 2 aliphatic rings. The molecule has 314 valence electrons. The largest absolute Gasteiger partial charge is 0.494 e. The number of anilines is 2. The Balaban J connectivity index is 0.000000185. The lowest BCUT2D eigenvalue weighted by atomic mass is 9.78. The van der Waals surface area contributed by atoms with Gasteiger partial charge in [0, 0.05) is 42.8 Å². The molecular formula is C46H54N8O4S2. The first kappa shape index (κ1) is 43.0. The molecule has 8 rings (SSSR count). The summed E-state index contributed by atoms with van der Waals surface area (Å²) < 4.78 is 7.80. The number of aryl methyl sites for hydroxylation is 2. The van der Waals surface area contributed by atoms with E-state index in [0.29, 0.717) is 27.4 Å². The van der Waals surface area contributed by atoms with Gasteiger partial charge in [0.25, 0.3) is 0 Å². The van der Waals surface area contributed by atoms with Crippen LogP contribution in [0.5, 0.6) is 5.75 Å². The second-order valence-corrected chi connectivity index (χ2v) is 18.3. The molecule has 0 saturated heterocycles. The summed E-state index contributed by atoms with van der Waals surface area (Å²) in [5.41, 5.74) is 15.6. The molecule has 0 fully saturated rings. The van der Waals surface area contributed by atoms with E-state index in [4.69, 9.17) is 9.99 Å². The van der Waals surface area contributed by atoms with Crippen molar-refractivity contribution in [2.45, 2.75) is 92.9 Å². The molecule has 2 aromatic heterocycles. The Morgan fingerprint density at radius 1 is 0.900 bits per heavy atom.